The summed E-state index contributed by atoms with van der Waals surface area (Å²) in [7, 11) is 0. The highest BCUT2D eigenvalue weighted by Gasteiger charge is 2.08. The van der Waals surface area contributed by atoms with Gasteiger partial charge in [-0.15, -0.1) is 0 Å². The molecule has 0 atom stereocenters. The third kappa shape index (κ3) is 4.16. The van der Waals surface area contributed by atoms with Gasteiger partial charge < -0.3 is 15.5 Å². The van der Waals surface area contributed by atoms with Crippen LogP contribution in [-0.4, -0.2) is 44.2 Å². The zero-order chi connectivity index (χ0) is 12.8. The molecule has 0 radical (unpaired) electrons. The van der Waals surface area contributed by atoms with Crippen molar-refractivity contribution in [3.63, 3.8) is 0 Å². The van der Waals surface area contributed by atoms with Crippen molar-refractivity contribution in [2.45, 2.75) is 13.3 Å². The lowest BCUT2D eigenvalue weighted by atomic mass is 10.2. The largest absolute Gasteiger partial charge is 0.385 e. The van der Waals surface area contributed by atoms with Gasteiger partial charge in [-0.05, 0) is 37.6 Å². The number of anilines is 1. The second kappa shape index (κ2) is 6.98. The highest BCUT2D eigenvalue weighted by molar-refractivity contribution is 6.30. The number of hydrogen-bond acceptors (Lipinski definition) is 3. The molecule has 0 aromatic heterocycles. The van der Waals surface area contributed by atoms with Gasteiger partial charge in [0, 0.05) is 43.4 Å². The van der Waals surface area contributed by atoms with Crippen molar-refractivity contribution in [2.75, 3.05) is 44.6 Å². The van der Waals surface area contributed by atoms with Crippen LogP contribution in [-0.2, 0) is 0 Å². The minimum absolute atomic E-state index is 0.796. The van der Waals surface area contributed by atoms with E-state index >= 15 is 0 Å². The van der Waals surface area contributed by atoms with Gasteiger partial charge in [-0.1, -0.05) is 17.7 Å². The standard InChI is InChI=1S/C14H22ClN3/c1-12-3-4-13(15)11-14(12)17-5-2-8-18-9-6-16-7-10-18/h3-4,11,16-17H,2,5-10H2,1H3. The van der Waals surface area contributed by atoms with Crippen molar-refractivity contribution >= 4 is 17.3 Å². The molecule has 1 aliphatic rings. The number of hydrogen-bond donors (Lipinski definition) is 2. The van der Waals surface area contributed by atoms with Gasteiger partial charge in [0.1, 0.15) is 0 Å². The lowest BCUT2D eigenvalue weighted by Crippen LogP contribution is -2.44. The summed E-state index contributed by atoms with van der Waals surface area (Å²) in [6.45, 7) is 8.89. The molecule has 0 saturated carbocycles. The Hall–Kier alpha value is -0.770. The normalized spacial score (nSPS) is 16.8. The maximum Gasteiger partial charge on any atom is 0.0426 e. The van der Waals surface area contributed by atoms with Crippen LogP contribution < -0.4 is 10.6 Å². The van der Waals surface area contributed by atoms with E-state index < -0.39 is 0 Å². The first-order valence-electron chi connectivity index (χ1n) is 6.69. The van der Waals surface area contributed by atoms with E-state index in [4.69, 9.17) is 11.6 Å². The molecule has 2 N–H and O–H groups in total. The number of nitrogens with one attached hydrogen (secondary N) is 2. The van der Waals surface area contributed by atoms with E-state index in [0.717, 1.165) is 30.3 Å². The zero-order valence-electron chi connectivity index (χ0n) is 11.0. The van der Waals surface area contributed by atoms with Crippen LogP contribution in [0.2, 0.25) is 5.02 Å². The summed E-state index contributed by atoms with van der Waals surface area (Å²) < 4.78 is 0. The fourth-order valence-electron chi connectivity index (χ4n) is 2.25. The Labute approximate surface area is 115 Å². The summed E-state index contributed by atoms with van der Waals surface area (Å²) >= 11 is 6.00. The predicted octanol–water partition coefficient (Wildman–Crippen LogP) is 2.36. The van der Waals surface area contributed by atoms with Gasteiger partial charge in [0.05, 0.1) is 0 Å². The molecule has 1 saturated heterocycles. The summed E-state index contributed by atoms with van der Waals surface area (Å²) in [5, 5.41) is 7.64. The maximum absolute atomic E-state index is 6.00. The summed E-state index contributed by atoms with van der Waals surface area (Å²) in [5.41, 5.74) is 2.41. The molecule has 1 fully saturated rings. The molecule has 1 aromatic carbocycles. The third-order valence-corrected chi connectivity index (χ3v) is 3.61. The Morgan fingerprint density at radius 3 is 2.89 bits per heavy atom. The molecule has 0 amide bonds. The van der Waals surface area contributed by atoms with Crippen LogP contribution >= 0.6 is 11.6 Å². The summed E-state index contributed by atoms with van der Waals surface area (Å²) in [5.74, 6) is 0. The van der Waals surface area contributed by atoms with Crippen molar-refractivity contribution in [3.05, 3.63) is 28.8 Å². The smallest absolute Gasteiger partial charge is 0.0426 e. The maximum atomic E-state index is 6.00. The molecule has 1 aromatic rings. The topological polar surface area (TPSA) is 27.3 Å². The van der Waals surface area contributed by atoms with Gasteiger partial charge in [0.25, 0.3) is 0 Å². The minimum Gasteiger partial charge on any atom is -0.385 e. The van der Waals surface area contributed by atoms with Crippen molar-refractivity contribution in [2.24, 2.45) is 0 Å². The van der Waals surface area contributed by atoms with Gasteiger partial charge in [0.15, 0.2) is 0 Å². The average molecular weight is 268 g/mol. The second-order valence-electron chi connectivity index (χ2n) is 4.83. The first-order valence-corrected chi connectivity index (χ1v) is 7.06. The SMILES string of the molecule is Cc1ccc(Cl)cc1NCCCN1CCNCC1. The van der Waals surface area contributed by atoms with Crippen LogP contribution in [0.25, 0.3) is 0 Å². The van der Waals surface area contributed by atoms with E-state index in [1.54, 1.807) is 0 Å². The van der Waals surface area contributed by atoms with Gasteiger partial charge >= 0.3 is 0 Å². The molecule has 4 heteroatoms. The predicted molar refractivity (Wildman–Crippen MR) is 78.6 cm³/mol. The molecule has 0 bridgehead atoms. The molecular formula is C14H22ClN3. The van der Waals surface area contributed by atoms with Crippen LogP contribution in [0.15, 0.2) is 18.2 Å². The number of piperazine rings is 1. The Kier molecular flexibility index (Phi) is 5.29. The number of halogens is 1. The molecule has 3 nitrogen and oxygen atoms in total. The van der Waals surface area contributed by atoms with E-state index in [9.17, 15) is 0 Å². The minimum atomic E-state index is 0.796. The van der Waals surface area contributed by atoms with Crippen LogP contribution in [0.1, 0.15) is 12.0 Å². The molecule has 1 heterocycles. The van der Waals surface area contributed by atoms with E-state index in [-0.39, 0.29) is 0 Å². The Morgan fingerprint density at radius 2 is 2.11 bits per heavy atom. The highest BCUT2D eigenvalue weighted by atomic mass is 35.5. The molecule has 0 aliphatic carbocycles. The average Bonchev–Trinajstić information content (AvgIpc) is 2.40. The monoisotopic (exact) mass is 267 g/mol. The Balaban J connectivity index is 1.69. The molecule has 0 unspecified atom stereocenters. The van der Waals surface area contributed by atoms with E-state index in [2.05, 4.69) is 28.5 Å². The van der Waals surface area contributed by atoms with Crippen molar-refractivity contribution in [1.82, 2.24) is 10.2 Å². The number of benzene rings is 1. The van der Waals surface area contributed by atoms with E-state index in [0.29, 0.717) is 0 Å². The third-order valence-electron chi connectivity index (χ3n) is 3.38. The lowest BCUT2D eigenvalue weighted by Gasteiger charge is -2.27. The molecule has 1 aliphatic heterocycles. The Bertz CT molecular complexity index is 375. The molecule has 100 valence electrons. The second-order valence-corrected chi connectivity index (χ2v) is 5.27. The fourth-order valence-corrected chi connectivity index (χ4v) is 2.42. The van der Waals surface area contributed by atoms with Crippen molar-refractivity contribution in [3.8, 4) is 0 Å². The number of rotatable bonds is 5. The quantitative estimate of drug-likeness (QED) is 0.802. The molecule has 2 rings (SSSR count). The molecular weight excluding hydrogens is 246 g/mol. The van der Waals surface area contributed by atoms with Gasteiger partial charge in [-0.25, -0.2) is 0 Å². The van der Waals surface area contributed by atoms with Crippen LogP contribution in [0.5, 0.6) is 0 Å². The van der Waals surface area contributed by atoms with Crippen molar-refractivity contribution in [1.29, 1.82) is 0 Å². The molecule has 0 spiro atoms. The summed E-state index contributed by atoms with van der Waals surface area (Å²) in [6.07, 6.45) is 1.17. The van der Waals surface area contributed by atoms with Gasteiger partial charge in [-0.3, -0.25) is 0 Å². The van der Waals surface area contributed by atoms with Crippen LogP contribution in [0, 0.1) is 6.92 Å². The zero-order valence-corrected chi connectivity index (χ0v) is 11.8. The summed E-state index contributed by atoms with van der Waals surface area (Å²) in [4.78, 5) is 2.52. The van der Waals surface area contributed by atoms with Gasteiger partial charge in [-0.2, -0.15) is 0 Å². The number of nitrogens with zero attached hydrogens (tertiary/aromatic N) is 1. The summed E-state index contributed by atoms with van der Waals surface area (Å²) in [6, 6.07) is 5.99. The fraction of sp³-hybridized carbons (Fsp3) is 0.571. The first-order chi connectivity index (χ1) is 8.75. The van der Waals surface area contributed by atoms with Crippen molar-refractivity contribution < 1.29 is 0 Å². The van der Waals surface area contributed by atoms with Crippen LogP contribution in [0.4, 0.5) is 5.69 Å². The first kappa shape index (κ1) is 13.7. The van der Waals surface area contributed by atoms with E-state index in [1.807, 2.05) is 12.1 Å². The van der Waals surface area contributed by atoms with E-state index in [1.165, 1.54) is 31.6 Å². The number of aryl methyl sites for hydroxylation is 1. The lowest BCUT2D eigenvalue weighted by molar-refractivity contribution is 0.240. The van der Waals surface area contributed by atoms with Crippen LogP contribution in [0.3, 0.4) is 0 Å². The molecule has 18 heavy (non-hydrogen) atoms. The Morgan fingerprint density at radius 1 is 1.33 bits per heavy atom. The highest BCUT2D eigenvalue weighted by Crippen LogP contribution is 2.19. The van der Waals surface area contributed by atoms with Gasteiger partial charge in [0.2, 0.25) is 0 Å².